The molecule has 10 heteroatoms. The van der Waals surface area contributed by atoms with Crippen LogP contribution in [0.15, 0.2) is 41.4 Å². The lowest BCUT2D eigenvalue weighted by Gasteiger charge is -2.20. The summed E-state index contributed by atoms with van der Waals surface area (Å²) in [4.78, 5) is 6.42. The number of aryl methyl sites for hydroxylation is 2. The number of hydrogen-bond acceptors (Lipinski definition) is 7. The molecule has 0 aliphatic carbocycles. The Kier molecular flexibility index (Phi) is 6.33. The van der Waals surface area contributed by atoms with Gasteiger partial charge in [0.2, 0.25) is 0 Å². The zero-order valence-corrected chi connectivity index (χ0v) is 22.9. The fraction of sp³-hybridized carbons (Fsp3) is 0.296. The Morgan fingerprint density at radius 2 is 1.84 bits per heavy atom. The first-order valence-electron chi connectivity index (χ1n) is 12.0. The minimum absolute atomic E-state index is 0.270. The van der Waals surface area contributed by atoms with E-state index in [0.29, 0.717) is 34.8 Å². The van der Waals surface area contributed by atoms with Gasteiger partial charge in [-0.25, -0.2) is 0 Å². The molecule has 4 heterocycles. The highest BCUT2D eigenvalue weighted by Gasteiger charge is 2.32. The average Bonchev–Trinajstić information content (AvgIpc) is 3.53. The number of aliphatic hydroxyl groups excluding tert-OH is 1. The van der Waals surface area contributed by atoms with Crippen molar-refractivity contribution in [2.24, 2.45) is 4.99 Å². The number of anilines is 1. The highest BCUT2D eigenvalue weighted by molar-refractivity contribution is 7.15. The summed E-state index contributed by atoms with van der Waals surface area (Å²) in [7, 11) is 0. The zero-order chi connectivity index (χ0) is 25.8. The molecule has 6 rings (SSSR count). The van der Waals surface area contributed by atoms with Gasteiger partial charge in [-0.2, -0.15) is 0 Å². The maximum absolute atomic E-state index is 11.2. The molecule has 0 spiro atoms. The lowest BCUT2D eigenvalue weighted by atomic mass is 9.99. The lowest BCUT2D eigenvalue weighted by molar-refractivity contribution is 0.134. The van der Waals surface area contributed by atoms with Crippen LogP contribution in [0.3, 0.4) is 0 Å². The van der Waals surface area contributed by atoms with Gasteiger partial charge in [0, 0.05) is 27.4 Å². The Morgan fingerprint density at radius 1 is 1.11 bits per heavy atom. The summed E-state index contributed by atoms with van der Waals surface area (Å²) in [5.41, 5.74) is 6.84. The van der Waals surface area contributed by atoms with E-state index in [4.69, 9.17) is 32.9 Å². The van der Waals surface area contributed by atoms with Gasteiger partial charge in [-0.1, -0.05) is 35.3 Å². The molecule has 0 bridgehead atoms. The van der Waals surface area contributed by atoms with Crippen molar-refractivity contribution < 1.29 is 9.84 Å². The van der Waals surface area contributed by atoms with E-state index in [1.165, 1.54) is 10.4 Å². The van der Waals surface area contributed by atoms with Crippen molar-refractivity contribution in [3.05, 3.63) is 90.8 Å². The first-order chi connectivity index (χ1) is 17.8. The molecule has 4 aromatic rings. The lowest BCUT2D eigenvalue weighted by Crippen LogP contribution is -2.23. The zero-order valence-electron chi connectivity index (χ0n) is 20.5. The van der Waals surface area contributed by atoms with Crippen LogP contribution in [0.5, 0.6) is 0 Å². The van der Waals surface area contributed by atoms with E-state index in [1.54, 1.807) is 11.3 Å². The van der Waals surface area contributed by atoms with Crippen molar-refractivity contribution in [2.75, 3.05) is 5.32 Å². The molecule has 2 aromatic heterocycles. The Morgan fingerprint density at radius 3 is 2.59 bits per heavy atom. The fourth-order valence-electron chi connectivity index (χ4n) is 4.91. The molecule has 0 saturated heterocycles. The van der Waals surface area contributed by atoms with Gasteiger partial charge in [-0.15, -0.1) is 21.5 Å². The van der Waals surface area contributed by atoms with Gasteiger partial charge in [0.05, 0.1) is 29.6 Å². The smallest absolute Gasteiger partial charge is 0.163 e. The highest BCUT2D eigenvalue weighted by atomic mass is 35.5. The Hall–Kier alpha value is -2.75. The van der Waals surface area contributed by atoms with Crippen molar-refractivity contribution in [1.82, 2.24) is 14.8 Å². The molecule has 2 aliphatic rings. The molecule has 2 N–H and O–H groups in total. The van der Waals surface area contributed by atoms with Crippen LogP contribution >= 0.6 is 34.5 Å². The molecule has 190 valence electrons. The largest absolute Gasteiger partial charge is 0.374 e. The number of benzene rings is 2. The van der Waals surface area contributed by atoms with Gasteiger partial charge in [-0.05, 0) is 61.7 Å². The number of aliphatic imine (C=N–C) groups is 1. The summed E-state index contributed by atoms with van der Waals surface area (Å²) >= 11 is 14.4. The van der Waals surface area contributed by atoms with Crippen LogP contribution in [0.1, 0.15) is 56.8 Å². The number of nitrogens with one attached hydrogen (secondary N) is 1. The number of thiophene rings is 1. The van der Waals surface area contributed by atoms with Crippen LogP contribution in [-0.2, 0) is 18.0 Å². The van der Waals surface area contributed by atoms with Gasteiger partial charge in [0.25, 0.3) is 0 Å². The quantitative estimate of drug-likeness (QED) is 0.283. The van der Waals surface area contributed by atoms with Crippen LogP contribution in [0.25, 0.3) is 5.00 Å². The third-order valence-electron chi connectivity index (χ3n) is 6.93. The molecule has 0 saturated carbocycles. The number of hydrogen-bond donors (Lipinski definition) is 2. The van der Waals surface area contributed by atoms with E-state index >= 15 is 0 Å². The number of rotatable bonds is 5. The number of halogens is 2. The number of aliphatic hydroxyl groups is 1. The van der Waals surface area contributed by atoms with Crippen LogP contribution < -0.4 is 5.32 Å². The molecule has 0 amide bonds. The number of aromatic nitrogens is 3. The van der Waals surface area contributed by atoms with E-state index in [0.717, 1.165) is 38.8 Å². The number of fused-ring (bicyclic) bond motifs is 4. The maximum atomic E-state index is 11.2. The molecule has 0 fully saturated rings. The number of ether oxygens (including phenoxy) is 1. The maximum Gasteiger partial charge on any atom is 0.163 e. The summed E-state index contributed by atoms with van der Waals surface area (Å²) in [5.74, 6) is 1.47. The molecule has 0 radical (unpaired) electrons. The fourth-order valence-corrected chi connectivity index (χ4v) is 6.49. The summed E-state index contributed by atoms with van der Waals surface area (Å²) in [6, 6.07) is 11.1. The summed E-state index contributed by atoms with van der Waals surface area (Å²) in [6.07, 6.45) is -0.658. The predicted molar refractivity (Wildman–Crippen MR) is 147 cm³/mol. The molecule has 2 atom stereocenters. The second-order valence-corrected chi connectivity index (χ2v) is 11.4. The van der Waals surface area contributed by atoms with Gasteiger partial charge in [-0.3, -0.25) is 9.56 Å². The van der Waals surface area contributed by atoms with Crippen molar-refractivity contribution in [1.29, 1.82) is 0 Å². The third-order valence-corrected chi connectivity index (χ3v) is 8.69. The SMILES string of the molecule is Cc1sc2c(c1C)C(c1ccc(Cl)cc1)=N[C@@H](CC(O)Nc1cc3c(cc1Cl)COC3)c1nnc(C)n1-2. The van der Waals surface area contributed by atoms with Crippen LogP contribution in [-0.4, -0.2) is 31.8 Å². The third kappa shape index (κ3) is 4.36. The number of nitrogens with zero attached hydrogens (tertiary/aromatic N) is 4. The topological polar surface area (TPSA) is 84.6 Å². The van der Waals surface area contributed by atoms with E-state index in [-0.39, 0.29) is 6.42 Å². The van der Waals surface area contributed by atoms with Gasteiger partial charge in [0.15, 0.2) is 5.82 Å². The summed E-state index contributed by atoms with van der Waals surface area (Å²) in [5, 5.41) is 25.5. The highest BCUT2D eigenvalue weighted by Crippen LogP contribution is 2.40. The van der Waals surface area contributed by atoms with Crippen LogP contribution in [0.2, 0.25) is 10.0 Å². The molecule has 1 unspecified atom stereocenters. The van der Waals surface area contributed by atoms with E-state index < -0.39 is 12.3 Å². The molecule has 7 nitrogen and oxygen atoms in total. The van der Waals surface area contributed by atoms with Crippen molar-refractivity contribution in [3.8, 4) is 5.00 Å². The van der Waals surface area contributed by atoms with E-state index in [1.807, 2.05) is 43.3 Å². The minimum atomic E-state index is -0.928. The first-order valence-corrected chi connectivity index (χ1v) is 13.6. The first kappa shape index (κ1) is 24.6. The minimum Gasteiger partial charge on any atom is -0.374 e. The normalized spacial score (nSPS) is 17.0. The van der Waals surface area contributed by atoms with Crippen LogP contribution in [0, 0.1) is 20.8 Å². The monoisotopic (exact) mass is 553 g/mol. The Balaban J connectivity index is 1.41. The Bertz CT molecular complexity index is 1540. The van der Waals surface area contributed by atoms with Gasteiger partial charge in [0.1, 0.15) is 23.1 Å². The van der Waals surface area contributed by atoms with E-state index in [2.05, 4.69) is 33.9 Å². The van der Waals surface area contributed by atoms with Crippen molar-refractivity contribution in [2.45, 2.75) is 52.7 Å². The molecule has 2 aliphatic heterocycles. The van der Waals surface area contributed by atoms with E-state index in [9.17, 15) is 5.11 Å². The van der Waals surface area contributed by atoms with Gasteiger partial charge < -0.3 is 15.2 Å². The predicted octanol–water partition coefficient (Wildman–Crippen LogP) is 6.30. The van der Waals surface area contributed by atoms with Gasteiger partial charge >= 0.3 is 0 Å². The average molecular weight is 555 g/mol. The standard InChI is InChI=1S/C27H25Cl2N5O2S/c1-13-14(2)37-27-24(13)25(16-4-6-19(28)7-5-16)31-22(26-33-32-15(3)34(26)27)10-23(35)30-21-9-18-12-36-11-17(18)8-20(21)29/h4-9,22-23,30,35H,10-12H2,1-3H3/t22-,23?/m0/s1. The molecular formula is C27H25Cl2N5O2S. The van der Waals surface area contributed by atoms with Crippen LogP contribution in [0.4, 0.5) is 5.69 Å². The molecule has 2 aromatic carbocycles. The Labute approximate surface area is 228 Å². The summed E-state index contributed by atoms with van der Waals surface area (Å²) in [6.45, 7) is 7.27. The second-order valence-electron chi connectivity index (χ2n) is 9.39. The molecule has 37 heavy (non-hydrogen) atoms. The van der Waals surface area contributed by atoms with Crippen molar-refractivity contribution in [3.63, 3.8) is 0 Å². The van der Waals surface area contributed by atoms with Crippen molar-refractivity contribution >= 4 is 45.9 Å². The molecular weight excluding hydrogens is 529 g/mol. The summed E-state index contributed by atoms with van der Waals surface area (Å²) < 4.78 is 7.59. The second kappa shape index (κ2) is 9.53.